The first-order valence-corrected chi connectivity index (χ1v) is 5.80. The topological polar surface area (TPSA) is 45.4 Å². The summed E-state index contributed by atoms with van der Waals surface area (Å²) in [6.45, 7) is 4.08. The number of rotatable bonds is 4. The average molecular weight is 231 g/mol. The van der Waals surface area contributed by atoms with Gasteiger partial charge in [0.2, 0.25) is 0 Å². The molecule has 3 heteroatoms. The highest BCUT2D eigenvalue weighted by molar-refractivity contribution is 5.54. The van der Waals surface area contributed by atoms with Crippen molar-refractivity contribution in [3.8, 4) is 5.75 Å². The highest BCUT2D eigenvalue weighted by Crippen LogP contribution is 2.26. The van der Waals surface area contributed by atoms with Crippen LogP contribution in [0.4, 0.5) is 5.69 Å². The quantitative estimate of drug-likeness (QED) is 0.785. The number of aromatic hydroxyl groups is 1. The molecule has 0 aliphatic carbocycles. The molecule has 3 nitrogen and oxygen atoms in total. The van der Waals surface area contributed by atoms with Gasteiger partial charge in [-0.25, -0.2) is 0 Å². The van der Waals surface area contributed by atoms with Gasteiger partial charge in [0.05, 0.1) is 12.3 Å². The van der Waals surface area contributed by atoms with E-state index in [1.807, 2.05) is 25.1 Å². The van der Waals surface area contributed by atoms with E-state index in [4.69, 9.17) is 4.42 Å². The molecule has 0 aliphatic heterocycles. The molecule has 0 aliphatic rings. The van der Waals surface area contributed by atoms with Crippen LogP contribution in [0.2, 0.25) is 0 Å². The van der Waals surface area contributed by atoms with Crippen molar-refractivity contribution in [2.75, 3.05) is 5.32 Å². The van der Waals surface area contributed by atoms with Gasteiger partial charge in [-0.15, -0.1) is 0 Å². The van der Waals surface area contributed by atoms with E-state index in [9.17, 15) is 5.11 Å². The maximum Gasteiger partial charge on any atom is 0.125 e. The van der Waals surface area contributed by atoms with Crippen LogP contribution in [-0.2, 0) is 0 Å². The Hall–Kier alpha value is -1.90. The Morgan fingerprint density at radius 1 is 1.35 bits per heavy atom. The van der Waals surface area contributed by atoms with Gasteiger partial charge < -0.3 is 14.8 Å². The molecular weight excluding hydrogens is 214 g/mol. The van der Waals surface area contributed by atoms with Crippen LogP contribution >= 0.6 is 0 Å². The lowest BCUT2D eigenvalue weighted by Gasteiger charge is -2.17. The van der Waals surface area contributed by atoms with Gasteiger partial charge in [0.25, 0.3) is 0 Å². The molecule has 1 aromatic carbocycles. The molecule has 90 valence electrons. The summed E-state index contributed by atoms with van der Waals surface area (Å²) in [5, 5.41) is 12.8. The molecule has 2 N–H and O–H groups in total. The molecule has 0 spiro atoms. The molecular formula is C14H17NO2. The van der Waals surface area contributed by atoms with E-state index in [2.05, 4.69) is 12.2 Å². The third-order valence-electron chi connectivity index (χ3n) is 2.83. The number of aryl methyl sites for hydroxylation is 1. The first-order chi connectivity index (χ1) is 8.20. The zero-order valence-electron chi connectivity index (χ0n) is 10.1. The van der Waals surface area contributed by atoms with Crippen molar-refractivity contribution in [3.63, 3.8) is 0 Å². The number of anilines is 1. The molecule has 0 saturated carbocycles. The Bertz CT molecular complexity index is 477. The lowest BCUT2D eigenvalue weighted by molar-refractivity contribution is 0.472. The van der Waals surface area contributed by atoms with Crippen molar-refractivity contribution in [2.45, 2.75) is 26.3 Å². The molecule has 0 fully saturated rings. The van der Waals surface area contributed by atoms with Crippen LogP contribution in [0.15, 0.2) is 41.0 Å². The third-order valence-corrected chi connectivity index (χ3v) is 2.83. The van der Waals surface area contributed by atoms with Crippen molar-refractivity contribution in [1.29, 1.82) is 0 Å². The van der Waals surface area contributed by atoms with E-state index in [1.54, 1.807) is 18.4 Å². The highest BCUT2D eigenvalue weighted by atomic mass is 16.3. The summed E-state index contributed by atoms with van der Waals surface area (Å²) in [4.78, 5) is 0. The van der Waals surface area contributed by atoms with Crippen LogP contribution in [-0.4, -0.2) is 5.11 Å². The first kappa shape index (κ1) is 11.6. The zero-order chi connectivity index (χ0) is 12.3. The molecule has 0 saturated heterocycles. The maximum absolute atomic E-state index is 9.37. The van der Waals surface area contributed by atoms with Gasteiger partial charge in [-0.2, -0.15) is 0 Å². The summed E-state index contributed by atoms with van der Waals surface area (Å²) < 4.78 is 5.41. The van der Waals surface area contributed by atoms with Gasteiger partial charge in [-0.05, 0) is 49.2 Å². The van der Waals surface area contributed by atoms with E-state index in [0.717, 1.165) is 23.4 Å². The number of hydrogen-bond acceptors (Lipinski definition) is 3. The Kier molecular flexibility index (Phi) is 3.38. The van der Waals surface area contributed by atoms with Gasteiger partial charge in [0, 0.05) is 5.69 Å². The fourth-order valence-electron chi connectivity index (χ4n) is 1.86. The smallest absolute Gasteiger partial charge is 0.125 e. The van der Waals surface area contributed by atoms with Gasteiger partial charge in [0.1, 0.15) is 11.5 Å². The minimum absolute atomic E-state index is 0.160. The van der Waals surface area contributed by atoms with E-state index in [0.29, 0.717) is 5.75 Å². The number of phenols is 1. The molecule has 0 bridgehead atoms. The number of furan rings is 1. The monoisotopic (exact) mass is 231 g/mol. The minimum Gasteiger partial charge on any atom is -0.508 e. The summed E-state index contributed by atoms with van der Waals surface area (Å²) in [5.74, 6) is 1.22. The fourth-order valence-corrected chi connectivity index (χ4v) is 1.86. The molecule has 17 heavy (non-hydrogen) atoms. The van der Waals surface area contributed by atoms with Crippen molar-refractivity contribution in [2.24, 2.45) is 0 Å². The predicted octanol–water partition coefficient (Wildman–Crippen LogP) is 3.86. The molecule has 1 unspecified atom stereocenters. The maximum atomic E-state index is 9.37. The standard InChI is InChI=1S/C14H17NO2/c1-3-12(14-5-4-8-17-14)15-13-7-6-11(16)9-10(13)2/h4-9,12,15-16H,3H2,1-2H3. The predicted molar refractivity (Wildman–Crippen MR) is 68.2 cm³/mol. The Labute approximate surface area is 101 Å². The number of nitrogens with one attached hydrogen (secondary N) is 1. The van der Waals surface area contributed by atoms with Gasteiger partial charge in [-0.1, -0.05) is 6.92 Å². The largest absolute Gasteiger partial charge is 0.508 e. The summed E-state index contributed by atoms with van der Waals surface area (Å²) in [6, 6.07) is 9.34. The van der Waals surface area contributed by atoms with Crippen LogP contribution in [0.1, 0.15) is 30.7 Å². The van der Waals surface area contributed by atoms with Crippen molar-refractivity contribution in [1.82, 2.24) is 0 Å². The molecule has 1 atom stereocenters. The van der Waals surface area contributed by atoms with Crippen LogP contribution in [0, 0.1) is 6.92 Å². The Balaban J connectivity index is 2.19. The van der Waals surface area contributed by atoms with Gasteiger partial charge >= 0.3 is 0 Å². The average Bonchev–Trinajstić information content (AvgIpc) is 2.81. The van der Waals surface area contributed by atoms with Crippen LogP contribution in [0.3, 0.4) is 0 Å². The fraction of sp³-hybridized carbons (Fsp3) is 0.286. The van der Waals surface area contributed by atoms with E-state index < -0.39 is 0 Å². The molecule has 2 rings (SSSR count). The van der Waals surface area contributed by atoms with Gasteiger partial charge in [0.15, 0.2) is 0 Å². The molecule has 2 aromatic rings. The number of benzene rings is 1. The van der Waals surface area contributed by atoms with E-state index >= 15 is 0 Å². The number of phenolic OH excluding ortho intramolecular Hbond substituents is 1. The number of hydrogen-bond donors (Lipinski definition) is 2. The second-order valence-corrected chi connectivity index (χ2v) is 4.12. The van der Waals surface area contributed by atoms with Crippen molar-refractivity contribution >= 4 is 5.69 Å². The molecule has 1 aromatic heterocycles. The first-order valence-electron chi connectivity index (χ1n) is 5.80. The minimum atomic E-state index is 0.160. The highest BCUT2D eigenvalue weighted by Gasteiger charge is 2.12. The lowest BCUT2D eigenvalue weighted by atomic mass is 10.1. The Morgan fingerprint density at radius 2 is 2.18 bits per heavy atom. The van der Waals surface area contributed by atoms with Crippen LogP contribution in [0.5, 0.6) is 5.75 Å². The summed E-state index contributed by atoms with van der Waals surface area (Å²) in [5.41, 5.74) is 2.04. The van der Waals surface area contributed by atoms with Crippen molar-refractivity contribution < 1.29 is 9.52 Å². The van der Waals surface area contributed by atoms with Crippen LogP contribution in [0.25, 0.3) is 0 Å². The van der Waals surface area contributed by atoms with E-state index in [-0.39, 0.29) is 6.04 Å². The SMILES string of the molecule is CCC(Nc1ccc(O)cc1C)c1ccco1. The summed E-state index contributed by atoms with van der Waals surface area (Å²) in [6.07, 6.45) is 2.62. The van der Waals surface area contributed by atoms with Crippen molar-refractivity contribution in [3.05, 3.63) is 47.9 Å². The molecule has 0 amide bonds. The van der Waals surface area contributed by atoms with Crippen LogP contribution < -0.4 is 5.32 Å². The lowest BCUT2D eigenvalue weighted by Crippen LogP contribution is -2.09. The zero-order valence-corrected chi connectivity index (χ0v) is 10.1. The summed E-state index contributed by atoms with van der Waals surface area (Å²) in [7, 11) is 0. The third kappa shape index (κ3) is 2.61. The Morgan fingerprint density at radius 3 is 2.76 bits per heavy atom. The second-order valence-electron chi connectivity index (χ2n) is 4.12. The summed E-state index contributed by atoms with van der Waals surface area (Å²) >= 11 is 0. The molecule has 0 radical (unpaired) electrons. The van der Waals surface area contributed by atoms with E-state index in [1.165, 1.54) is 0 Å². The molecule has 1 heterocycles. The second kappa shape index (κ2) is 4.95. The normalized spacial score (nSPS) is 12.4. The van der Waals surface area contributed by atoms with Gasteiger partial charge in [-0.3, -0.25) is 0 Å².